The summed E-state index contributed by atoms with van der Waals surface area (Å²) >= 11 is 0. The fraction of sp³-hybridized carbons (Fsp3) is 0.867. The average molecular weight is 470 g/mol. The summed E-state index contributed by atoms with van der Waals surface area (Å²) in [4.78, 5) is 26.3. The Morgan fingerprint density at radius 3 is 2.24 bits per heavy atom. The molecule has 0 amide bonds. The van der Waals surface area contributed by atoms with E-state index in [2.05, 4.69) is 41.5 Å². The number of hydrogen-bond donors (Lipinski definition) is 1. The standard InChI is InChI=1S/C30H46O4/c1-25(2)21-8-11-30(7)23(28(21,5)10-9-22(25)32)20(31)16-18-19-17-27(4,24(33)34)13-12-26(19,3)14-15-29(18,30)6/h16,19,21-23,32H,8-15,17H2,1-7H3,(H,33,34)/p-1/t19-,21+,22+,23+,26-,27+,28+,29-,30-/m1/s1. The van der Waals surface area contributed by atoms with Crippen LogP contribution >= 0.6 is 0 Å². The molecule has 5 rings (SSSR count). The summed E-state index contributed by atoms with van der Waals surface area (Å²) in [7, 11) is 0. The van der Waals surface area contributed by atoms with Crippen LogP contribution in [0.1, 0.15) is 106 Å². The molecule has 0 saturated heterocycles. The summed E-state index contributed by atoms with van der Waals surface area (Å²) < 4.78 is 0. The molecule has 5 aliphatic carbocycles. The van der Waals surface area contributed by atoms with Crippen LogP contribution in [0.2, 0.25) is 0 Å². The highest BCUT2D eigenvalue weighted by Crippen LogP contribution is 2.75. The van der Waals surface area contributed by atoms with Crippen LogP contribution in [0.4, 0.5) is 0 Å². The van der Waals surface area contributed by atoms with Gasteiger partial charge in [-0.1, -0.05) is 54.0 Å². The van der Waals surface area contributed by atoms with Gasteiger partial charge in [0.25, 0.3) is 0 Å². The van der Waals surface area contributed by atoms with E-state index < -0.39 is 11.4 Å². The quantitative estimate of drug-likeness (QED) is 0.581. The molecule has 0 aromatic rings. The molecule has 4 heteroatoms. The highest BCUT2D eigenvalue weighted by Gasteiger charge is 2.70. The Kier molecular flexibility index (Phi) is 5.04. The molecule has 0 bridgehead atoms. The fourth-order valence-corrected chi connectivity index (χ4v) is 10.4. The fourth-order valence-electron chi connectivity index (χ4n) is 10.4. The van der Waals surface area contributed by atoms with Crippen LogP contribution in [0.25, 0.3) is 0 Å². The number of aliphatic hydroxyl groups excluding tert-OH is 1. The van der Waals surface area contributed by atoms with Crippen molar-refractivity contribution in [3.8, 4) is 0 Å². The van der Waals surface area contributed by atoms with Crippen molar-refractivity contribution in [1.82, 2.24) is 0 Å². The lowest BCUT2D eigenvalue weighted by atomic mass is 9.33. The van der Waals surface area contributed by atoms with Gasteiger partial charge in [0, 0.05) is 17.3 Å². The van der Waals surface area contributed by atoms with Crippen LogP contribution in [0, 0.1) is 50.2 Å². The van der Waals surface area contributed by atoms with Crippen molar-refractivity contribution in [2.45, 2.75) is 112 Å². The van der Waals surface area contributed by atoms with E-state index in [1.54, 1.807) is 0 Å². The Hall–Kier alpha value is -1.16. The Morgan fingerprint density at radius 1 is 0.941 bits per heavy atom. The second kappa shape index (κ2) is 6.99. The molecule has 9 atom stereocenters. The molecule has 5 aliphatic rings. The van der Waals surface area contributed by atoms with Crippen molar-refractivity contribution in [2.75, 3.05) is 0 Å². The zero-order chi connectivity index (χ0) is 25.1. The van der Waals surface area contributed by atoms with E-state index in [4.69, 9.17) is 0 Å². The minimum Gasteiger partial charge on any atom is -0.550 e. The predicted octanol–water partition coefficient (Wildman–Crippen LogP) is 5.08. The van der Waals surface area contributed by atoms with Gasteiger partial charge in [-0.15, -0.1) is 0 Å². The van der Waals surface area contributed by atoms with Crippen molar-refractivity contribution in [2.24, 2.45) is 50.2 Å². The number of carboxylic acids is 1. The molecular weight excluding hydrogens is 424 g/mol. The van der Waals surface area contributed by atoms with Gasteiger partial charge in [-0.2, -0.15) is 0 Å². The third-order valence-electron chi connectivity index (χ3n) is 13.0. The largest absolute Gasteiger partial charge is 0.550 e. The maximum atomic E-state index is 14.2. The molecule has 1 N–H and O–H groups in total. The van der Waals surface area contributed by atoms with E-state index in [0.717, 1.165) is 44.9 Å². The monoisotopic (exact) mass is 469 g/mol. The number of rotatable bonds is 1. The van der Waals surface area contributed by atoms with Crippen molar-refractivity contribution in [3.05, 3.63) is 11.6 Å². The number of carboxylic acid groups (broad SMARTS) is 1. The maximum absolute atomic E-state index is 14.2. The van der Waals surface area contributed by atoms with E-state index in [-0.39, 0.29) is 50.8 Å². The predicted molar refractivity (Wildman–Crippen MR) is 130 cm³/mol. The number of aliphatic carboxylic acids is 1. The lowest BCUT2D eigenvalue weighted by Crippen LogP contribution is -2.66. The number of aliphatic hydroxyl groups is 1. The Labute approximate surface area is 206 Å². The molecule has 0 aromatic carbocycles. The highest BCUT2D eigenvalue weighted by atomic mass is 16.4. The zero-order valence-corrected chi connectivity index (χ0v) is 22.4. The zero-order valence-electron chi connectivity index (χ0n) is 22.4. The van der Waals surface area contributed by atoms with E-state index in [1.165, 1.54) is 5.57 Å². The van der Waals surface area contributed by atoms with E-state index in [0.29, 0.717) is 18.8 Å². The van der Waals surface area contributed by atoms with Crippen molar-refractivity contribution in [3.63, 3.8) is 0 Å². The number of carbonyl (C=O) groups excluding carboxylic acids is 2. The lowest BCUT2D eigenvalue weighted by Gasteiger charge is -2.70. The van der Waals surface area contributed by atoms with Crippen molar-refractivity contribution < 1.29 is 19.8 Å². The van der Waals surface area contributed by atoms with Gasteiger partial charge in [0.2, 0.25) is 0 Å². The third-order valence-corrected chi connectivity index (χ3v) is 13.0. The minimum absolute atomic E-state index is 0.0419. The first kappa shape index (κ1) is 24.5. The molecule has 0 aromatic heterocycles. The van der Waals surface area contributed by atoms with Crippen molar-refractivity contribution >= 4 is 11.8 Å². The van der Waals surface area contributed by atoms with Gasteiger partial charge in [-0.3, -0.25) is 4.79 Å². The first-order chi connectivity index (χ1) is 15.6. The van der Waals surface area contributed by atoms with Crippen LogP contribution in [0.3, 0.4) is 0 Å². The summed E-state index contributed by atoms with van der Waals surface area (Å²) in [5.74, 6) is -0.266. The number of ketones is 1. The van der Waals surface area contributed by atoms with Crippen LogP contribution < -0.4 is 5.11 Å². The van der Waals surface area contributed by atoms with Crippen LogP contribution in [-0.4, -0.2) is 23.0 Å². The lowest BCUT2D eigenvalue weighted by molar-refractivity contribution is -0.321. The third kappa shape index (κ3) is 2.81. The minimum atomic E-state index is -0.940. The van der Waals surface area contributed by atoms with Crippen LogP contribution in [0.5, 0.6) is 0 Å². The first-order valence-corrected chi connectivity index (χ1v) is 13.7. The molecule has 34 heavy (non-hydrogen) atoms. The summed E-state index contributed by atoms with van der Waals surface area (Å²) in [5.41, 5.74) is -0.0781. The van der Waals surface area contributed by atoms with E-state index in [1.807, 2.05) is 13.0 Å². The molecule has 0 spiro atoms. The number of allylic oxidation sites excluding steroid dienone is 2. The van der Waals surface area contributed by atoms with Gasteiger partial charge >= 0.3 is 0 Å². The number of hydrogen-bond acceptors (Lipinski definition) is 4. The molecule has 4 nitrogen and oxygen atoms in total. The highest BCUT2D eigenvalue weighted by molar-refractivity contribution is 5.95. The summed E-state index contributed by atoms with van der Waals surface area (Å²) in [6, 6.07) is 0. The van der Waals surface area contributed by atoms with E-state index in [9.17, 15) is 19.8 Å². The molecule has 190 valence electrons. The summed E-state index contributed by atoms with van der Waals surface area (Å²) in [6.07, 6.45) is 9.69. The van der Waals surface area contributed by atoms with Gasteiger partial charge in [0.05, 0.1) is 6.10 Å². The molecule has 0 aliphatic heterocycles. The topological polar surface area (TPSA) is 77.4 Å². The summed E-state index contributed by atoms with van der Waals surface area (Å²) in [6.45, 7) is 15.7. The number of carbonyl (C=O) groups is 2. The van der Waals surface area contributed by atoms with Gasteiger partial charge in [-0.05, 0) is 103 Å². The average Bonchev–Trinajstić information content (AvgIpc) is 2.73. The summed E-state index contributed by atoms with van der Waals surface area (Å²) in [5, 5.41) is 23.0. The van der Waals surface area contributed by atoms with Crippen molar-refractivity contribution in [1.29, 1.82) is 0 Å². The smallest absolute Gasteiger partial charge is 0.159 e. The van der Waals surface area contributed by atoms with Gasteiger partial charge in [0.15, 0.2) is 5.78 Å². The Balaban J connectivity index is 1.62. The molecular formula is C30H45O4-. The molecule has 0 heterocycles. The second-order valence-corrected chi connectivity index (χ2v) is 14.9. The SMILES string of the molecule is CC1(C)[C@@H](O)CC[C@@]2(C)[C@H]1CC[C@]1(C)[C@H]2C(=O)C=C2[C@H]3C[C@@](C)(C(=O)[O-])CC[C@]3(C)CC[C@]21C. The van der Waals surface area contributed by atoms with Gasteiger partial charge in [0.1, 0.15) is 0 Å². The Bertz CT molecular complexity index is 965. The van der Waals surface area contributed by atoms with Crippen LogP contribution in [-0.2, 0) is 9.59 Å². The number of fused-ring (bicyclic) bond motifs is 7. The maximum Gasteiger partial charge on any atom is 0.159 e. The van der Waals surface area contributed by atoms with Gasteiger partial charge < -0.3 is 15.0 Å². The van der Waals surface area contributed by atoms with Gasteiger partial charge in [-0.25, -0.2) is 0 Å². The van der Waals surface area contributed by atoms with Crippen LogP contribution in [0.15, 0.2) is 11.6 Å². The molecule has 0 unspecified atom stereocenters. The molecule has 0 radical (unpaired) electrons. The molecule has 4 saturated carbocycles. The first-order valence-electron chi connectivity index (χ1n) is 13.7. The second-order valence-electron chi connectivity index (χ2n) is 14.9. The Morgan fingerprint density at radius 2 is 1.59 bits per heavy atom. The normalized spacial score (nSPS) is 54.1. The van der Waals surface area contributed by atoms with E-state index >= 15 is 0 Å². The molecule has 4 fully saturated rings.